The molecule has 1 aromatic carbocycles. The molecule has 0 saturated heterocycles. The summed E-state index contributed by atoms with van der Waals surface area (Å²) in [5, 5.41) is -0.132. The topological polar surface area (TPSA) is 43.4 Å². The zero-order chi connectivity index (χ0) is 15.1. The first-order chi connectivity index (χ1) is 8.34. The van der Waals surface area contributed by atoms with Crippen molar-refractivity contribution in [3.8, 4) is 5.75 Å². The lowest BCUT2D eigenvalue weighted by molar-refractivity contribution is 0.475. The van der Waals surface area contributed by atoms with Gasteiger partial charge in [0.25, 0.3) is 17.4 Å². The molecule has 1 aromatic rings. The highest BCUT2D eigenvalue weighted by molar-refractivity contribution is 8.13. The van der Waals surface area contributed by atoms with E-state index in [9.17, 15) is 12.8 Å². The molecule has 0 aliphatic carbocycles. The average Bonchev–Trinajstić information content (AvgIpc) is 2.12. The second-order valence-corrected chi connectivity index (χ2v) is 13.2. The van der Waals surface area contributed by atoms with E-state index in [4.69, 9.17) is 15.1 Å². The Labute approximate surface area is 119 Å². The molecular weight excluding hydrogens is 307 g/mol. The Morgan fingerprint density at radius 3 is 2.21 bits per heavy atom. The highest BCUT2D eigenvalue weighted by Gasteiger charge is 2.40. The first kappa shape index (κ1) is 16.5. The summed E-state index contributed by atoms with van der Waals surface area (Å²) in [4.78, 5) is -0.194. The Kier molecular flexibility index (Phi) is 4.39. The molecule has 0 radical (unpaired) electrons. The van der Waals surface area contributed by atoms with E-state index < -0.39 is 23.2 Å². The minimum atomic E-state index is -3.97. The number of hydrogen-bond acceptors (Lipinski definition) is 3. The van der Waals surface area contributed by atoms with Crippen molar-refractivity contribution in [2.75, 3.05) is 0 Å². The van der Waals surface area contributed by atoms with Gasteiger partial charge in [-0.25, -0.2) is 12.8 Å². The fourth-order valence-corrected chi connectivity index (χ4v) is 3.24. The van der Waals surface area contributed by atoms with Crippen LogP contribution in [0.15, 0.2) is 23.1 Å². The van der Waals surface area contributed by atoms with Crippen molar-refractivity contribution >= 4 is 28.1 Å². The van der Waals surface area contributed by atoms with Crippen molar-refractivity contribution in [3.05, 3.63) is 24.0 Å². The van der Waals surface area contributed by atoms with Gasteiger partial charge in [0.2, 0.25) is 0 Å². The van der Waals surface area contributed by atoms with Gasteiger partial charge in [-0.05, 0) is 30.3 Å². The third-order valence-corrected chi connectivity index (χ3v) is 9.04. The molecule has 0 saturated carbocycles. The molecule has 0 fully saturated rings. The van der Waals surface area contributed by atoms with Crippen LogP contribution in [0.1, 0.15) is 20.8 Å². The smallest absolute Gasteiger partial charge is 0.264 e. The van der Waals surface area contributed by atoms with Crippen LogP contribution in [-0.4, -0.2) is 16.7 Å². The van der Waals surface area contributed by atoms with Crippen LogP contribution >= 0.6 is 10.7 Å². The summed E-state index contributed by atoms with van der Waals surface area (Å²) in [6, 6.07) is 3.24. The summed E-state index contributed by atoms with van der Waals surface area (Å²) in [6.07, 6.45) is 0. The van der Waals surface area contributed by atoms with E-state index in [0.29, 0.717) is 0 Å². The van der Waals surface area contributed by atoms with E-state index in [0.717, 1.165) is 18.2 Å². The Morgan fingerprint density at radius 2 is 1.79 bits per heavy atom. The molecular formula is C12H18ClFO3SSi. The molecule has 0 aliphatic rings. The molecule has 7 heteroatoms. The third kappa shape index (κ3) is 3.93. The van der Waals surface area contributed by atoms with Crippen molar-refractivity contribution in [1.29, 1.82) is 0 Å². The van der Waals surface area contributed by atoms with Crippen LogP contribution < -0.4 is 4.43 Å². The molecule has 0 unspecified atom stereocenters. The monoisotopic (exact) mass is 324 g/mol. The van der Waals surface area contributed by atoms with Gasteiger partial charge in [-0.3, -0.25) is 0 Å². The van der Waals surface area contributed by atoms with Crippen LogP contribution in [0.4, 0.5) is 4.39 Å². The Bertz CT molecular complexity index is 579. The third-order valence-electron chi connectivity index (χ3n) is 3.34. The van der Waals surface area contributed by atoms with Crippen LogP contribution in [0.3, 0.4) is 0 Å². The molecule has 19 heavy (non-hydrogen) atoms. The van der Waals surface area contributed by atoms with E-state index in [1.54, 1.807) is 0 Å². The van der Waals surface area contributed by atoms with Gasteiger partial charge < -0.3 is 4.43 Å². The first-order valence-corrected chi connectivity index (χ1v) is 11.0. The van der Waals surface area contributed by atoms with Gasteiger partial charge in [0, 0.05) is 16.7 Å². The molecule has 0 atom stereocenters. The SMILES string of the molecule is CC(C)(C)[Si](C)(C)Oc1cc(F)ccc1S(=O)(=O)Cl. The zero-order valence-electron chi connectivity index (χ0n) is 11.6. The molecule has 0 N–H and O–H groups in total. The van der Waals surface area contributed by atoms with Crippen molar-refractivity contribution < 1.29 is 17.2 Å². The van der Waals surface area contributed by atoms with Crippen molar-refractivity contribution in [2.45, 2.75) is 43.8 Å². The fraction of sp³-hybridized carbons (Fsp3) is 0.500. The highest BCUT2D eigenvalue weighted by atomic mass is 35.7. The fourth-order valence-electron chi connectivity index (χ4n) is 1.19. The van der Waals surface area contributed by atoms with E-state index in [1.807, 2.05) is 33.9 Å². The second kappa shape index (κ2) is 5.07. The lowest BCUT2D eigenvalue weighted by atomic mass is 10.2. The molecule has 0 amide bonds. The van der Waals surface area contributed by atoms with Gasteiger partial charge in [0.15, 0.2) is 0 Å². The molecule has 0 bridgehead atoms. The van der Waals surface area contributed by atoms with E-state index >= 15 is 0 Å². The predicted octanol–water partition coefficient (Wildman–Crippen LogP) is 4.14. The molecule has 108 valence electrons. The molecule has 0 aromatic heterocycles. The summed E-state index contributed by atoms with van der Waals surface area (Å²) < 4.78 is 42.1. The Hall–Kier alpha value is -0.593. The standard InChI is InChI=1S/C12H18ClFO3SSi/c1-12(2,3)19(4,5)17-10-8-9(14)6-7-11(10)18(13,15)16/h6-8H,1-5H3. The van der Waals surface area contributed by atoms with E-state index in [2.05, 4.69) is 0 Å². The zero-order valence-corrected chi connectivity index (χ0v) is 14.2. The van der Waals surface area contributed by atoms with Gasteiger partial charge in [0.1, 0.15) is 16.5 Å². The highest BCUT2D eigenvalue weighted by Crippen LogP contribution is 2.39. The van der Waals surface area contributed by atoms with Crippen LogP contribution in [0.5, 0.6) is 5.75 Å². The summed E-state index contributed by atoms with van der Waals surface area (Å²) in [7, 11) is -0.890. The molecule has 0 spiro atoms. The summed E-state index contributed by atoms with van der Waals surface area (Å²) in [5.74, 6) is -0.570. The second-order valence-electron chi connectivity index (χ2n) is 5.89. The van der Waals surface area contributed by atoms with Gasteiger partial charge in [0.05, 0.1) is 0 Å². The number of hydrogen-bond donors (Lipinski definition) is 0. The minimum Gasteiger partial charge on any atom is -0.543 e. The lowest BCUT2D eigenvalue weighted by Gasteiger charge is -2.36. The van der Waals surface area contributed by atoms with Gasteiger partial charge in [-0.2, -0.15) is 0 Å². The van der Waals surface area contributed by atoms with Crippen molar-refractivity contribution in [2.24, 2.45) is 0 Å². The normalized spacial score (nSPS) is 13.4. The van der Waals surface area contributed by atoms with Crippen molar-refractivity contribution in [1.82, 2.24) is 0 Å². The largest absolute Gasteiger partial charge is 0.543 e. The summed E-state index contributed by atoms with van der Waals surface area (Å²) in [5.41, 5.74) is 0. The predicted molar refractivity (Wildman–Crippen MR) is 77.3 cm³/mol. The van der Waals surface area contributed by atoms with E-state index in [-0.39, 0.29) is 15.7 Å². The Balaban J connectivity index is 3.32. The average molecular weight is 325 g/mol. The molecule has 0 heterocycles. The Morgan fingerprint density at radius 1 is 1.26 bits per heavy atom. The lowest BCUT2D eigenvalue weighted by Crippen LogP contribution is -2.44. The number of rotatable bonds is 3. The van der Waals surface area contributed by atoms with Crippen LogP contribution in [0, 0.1) is 5.82 Å². The van der Waals surface area contributed by atoms with Crippen LogP contribution in [0.25, 0.3) is 0 Å². The van der Waals surface area contributed by atoms with Crippen molar-refractivity contribution in [3.63, 3.8) is 0 Å². The van der Waals surface area contributed by atoms with E-state index in [1.165, 1.54) is 0 Å². The molecule has 3 nitrogen and oxygen atoms in total. The number of benzene rings is 1. The number of halogens is 2. The van der Waals surface area contributed by atoms with Gasteiger partial charge in [-0.1, -0.05) is 20.8 Å². The van der Waals surface area contributed by atoms with Crippen LogP contribution in [0.2, 0.25) is 18.1 Å². The maximum Gasteiger partial charge on any atom is 0.264 e. The van der Waals surface area contributed by atoms with Crippen LogP contribution in [-0.2, 0) is 9.05 Å². The summed E-state index contributed by atoms with van der Waals surface area (Å²) in [6.45, 7) is 9.92. The first-order valence-electron chi connectivity index (χ1n) is 5.78. The van der Waals surface area contributed by atoms with Gasteiger partial charge >= 0.3 is 0 Å². The molecule has 0 aliphatic heterocycles. The minimum absolute atomic E-state index is 0.0124. The summed E-state index contributed by atoms with van der Waals surface area (Å²) >= 11 is 0. The molecule has 1 rings (SSSR count). The maximum absolute atomic E-state index is 13.3. The quantitative estimate of drug-likeness (QED) is 0.620. The van der Waals surface area contributed by atoms with Gasteiger partial charge in [-0.15, -0.1) is 0 Å². The maximum atomic E-state index is 13.3.